The van der Waals surface area contributed by atoms with Crippen LogP contribution < -0.4 is 0 Å². The Bertz CT molecular complexity index is 552. The second-order valence-corrected chi connectivity index (χ2v) is 12.0. The third kappa shape index (κ3) is 15.5. The first-order valence-corrected chi connectivity index (χ1v) is 16.7. The number of nitrogens with zero attached hydrogens (tertiary/aromatic N) is 2. The molecular weight excluding hydrogens is 436 g/mol. The SMILES string of the molecule is CCCCCCCCCCCCCCCCC(CCCCCCCCCC)C(C)(CC)n1ccnc1. The summed E-state index contributed by atoms with van der Waals surface area (Å²) in [7, 11) is 0. The summed E-state index contributed by atoms with van der Waals surface area (Å²) in [5, 5.41) is 0. The van der Waals surface area contributed by atoms with E-state index in [9.17, 15) is 0 Å². The summed E-state index contributed by atoms with van der Waals surface area (Å²) in [6, 6.07) is 0. The van der Waals surface area contributed by atoms with Crippen LogP contribution in [0.25, 0.3) is 0 Å². The fraction of sp³-hybridized carbons (Fsp3) is 0.912. The molecule has 0 aromatic carbocycles. The van der Waals surface area contributed by atoms with E-state index in [2.05, 4.69) is 49.8 Å². The van der Waals surface area contributed by atoms with Gasteiger partial charge in [-0.3, -0.25) is 0 Å². The van der Waals surface area contributed by atoms with E-state index >= 15 is 0 Å². The zero-order valence-electron chi connectivity index (χ0n) is 25.4. The molecule has 212 valence electrons. The van der Waals surface area contributed by atoms with Crippen molar-refractivity contribution >= 4 is 0 Å². The van der Waals surface area contributed by atoms with Crippen molar-refractivity contribution in [3.63, 3.8) is 0 Å². The van der Waals surface area contributed by atoms with Gasteiger partial charge in [0.15, 0.2) is 0 Å². The zero-order valence-corrected chi connectivity index (χ0v) is 25.4. The molecule has 1 aromatic heterocycles. The molecular formula is C34H66N2. The Morgan fingerprint density at radius 2 is 0.917 bits per heavy atom. The average Bonchev–Trinajstić information content (AvgIpc) is 3.44. The van der Waals surface area contributed by atoms with Gasteiger partial charge in [-0.2, -0.15) is 0 Å². The van der Waals surface area contributed by atoms with Crippen LogP contribution in [0.1, 0.15) is 188 Å². The topological polar surface area (TPSA) is 17.8 Å². The lowest BCUT2D eigenvalue weighted by Crippen LogP contribution is -2.37. The fourth-order valence-electron chi connectivity index (χ4n) is 6.12. The molecule has 0 radical (unpaired) electrons. The van der Waals surface area contributed by atoms with E-state index in [0.29, 0.717) is 0 Å². The molecule has 0 aliphatic heterocycles. The van der Waals surface area contributed by atoms with E-state index in [1.165, 1.54) is 161 Å². The van der Waals surface area contributed by atoms with Crippen molar-refractivity contribution in [2.24, 2.45) is 5.92 Å². The zero-order chi connectivity index (χ0) is 26.2. The maximum Gasteiger partial charge on any atom is 0.0951 e. The quantitative estimate of drug-likeness (QED) is 0.109. The Labute approximate surface area is 227 Å². The van der Waals surface area contributed by atoms with Crippen molar-refractivity contribution in [1.29, 1.82) is 0 Å². The minimum Gasteiger partial charge on any atom is -0.331 e. The number of rotatable bonds is 27. The summed E-state index contributed by atoms with van der Waals surface area (Å²) >= 11 is 0. The molecule has 0 aliphatic rings. The van der Waals surface area contributed by atoms with Gasteiger partial charge in [-0.1, -0.05) is 162 Å². The van der Waals surface area contributed by atoms with Crippen LogP contribution >= 0.6 is 0 Å². The molecule has 36 heavy (non-hydrogen) atoms. The molecule has 2 unspecified atom stereocenters. The largest absolute Gasteiger partial charge is 0.331 e. The minimum atomic E-state index is 0.216. The first kappa shape index (κ1) is 33.2. The second kappa shape index (κ2) is 23.3. The summed E-state index contributed by atoms with van der Waals surface area (Å²) in [5.74, 6) is 0.772. The first-order chi connectivity index (χ1) is 17.7. The van der Waals surface area contributed by atoms with Crippen LogP contribution in [-0.2, 0) is 5.54 Å². The van der Waals surface area contributed by atoms with E-state index in [1.54, 1.807) is 0 Å². The average molecular weight is 503 g/mol. The van der Waals surface area contributed by atoms with Gasteiger partial charge in [0.05, 0.1) is 6.33 Å². The summed E-state index contributed by atoms with van der Waals surface area (Å²) < 4.78 is 2.42. The molecule has 0 aliphatic carbocycles. The number of unbranched alkanes of at least 4 members (excludes halogenated alkanes) is 20. The van der Waals surface area contributed by atoms with Crippen molar-refractivity contribution in [3.05, 3.63) is 18.7 Å². The molecule has 0 saturated carbocycles. The molecule has 1 heterocycles. The Kier molecular flexibility index (Phi) is 21.5. The smallest absolute Gasteiger partial charge is 0.0951 e. The third-order valence-electron chi connectivity index (χ3n) is 9.00. The van der Waals surface area contributed by atoms with Gasteiger partial charge >= 0.3 is 0 Å². The highest BCUT2D eigenvalue weighted by atomic mass is 15.1. The summed E-state index contributed by atoms with van der Waals surface area (Å²) in [6.07, 6.45) is 41.8. The normalized spacial score (nSPS) is 14.2. The highest BCUT2D eigenvalue weighted by Gasteiger charge is 2.33. The van der Waals surface area contributed by atoms with Gasteiger partial charge in [-0.15, -0.1) is 0 Å². The monoisotopic (exact) mass is 503 g/mol. The number of hydrogen-bond acceptors (Lipinski definition) is 1. The molecule has 0 fully saturated rings. The second-order valence-electron chi connectivity index (χ2n) is 12.0. The predicted molar refractivity (Wildman–Crippen MR) is 162 cm³/mol. The van der Waals surface area contributed by atoms with E-state index in [1.807, 2.05) is 6.20 Å². The van der Waals surface area contributed by atoms with Gasteiger partial charge in [0, 0.05) is 17.9 Å². The van der Waals surface area contributed by atoms with Crippen LogP contribution in [-0.4, -0.2) is 9.55 Å². The number of imidazole rings is 1. The van der Waals surface area contributed by atoms with Gasteiger partial charge < -0.3 is 4.57 Å². The number of hydrogen-bond donors (Lipinski definition) is 0. The van der Waals surface area contributed by atoms with Gasteiger partial charge in [-0.05, 0) is 32.1 Å². The molecule has 2 heteroatoms. The van der Waals surface area contributed by atoms with Crippen LogP contribution in [0.5, 0.6) is 0 Å². The molecule has 1 rings (SSSR count). The summed E-state index contributed by atoms with van der Waals surface area (Å²) in [4.78, 5) is 4.40. The molecule has 0 N–H and O–H groups in total. The Morgan fingerprint density at radius 3 is 1.22 bits per heavy atom. The van der Waals surface area contributed by atoms with Gasteiger partial charge in [0.1, 0.15) is 0 Å². The van der Waals surface area contributed by atoms with E-state index < -0.39 is 0 Å². The van der Waals surface area contributed by atoms with Crippen molar-refractivity contribution in [2.45, 2.75) is 194 Å². The van der Waals surface area contributed by atoms with Crippen LogP contribution in [0.4, 0.5) is 0 Å². The predicted octanol–water partition coefficient (Wildman–Crippen LogP) is 12.0. The van der Waals surface area contributed by atoms with E-state index in [-0.39, 0.29) is 5.54 Å². The summed E-state index contributed by atoms with van der Waals surface area (Å²) in [5.41, 5.74) is 0.216. The van der Waals surface area contributed by atoms with Crippen molar-refractivity contribution in [2.75, 3.05) is 0 Å². The summed E-state index contributed by atoms with van der Waals surface area (Å²) in [6.45, 7) is 9.49. The third-order valence-corrected chi connectivity index (χ3v) is 9.00. The molecule has 2 atom stereocenters. The van der Waals surface area contributed by atoms with Gasteiger partial charge in [-0.25, -0.2) is 4.98 Å². The van der Waals surface area contributed by atoms with Crippen molar-refractivity contribution in [1.82, 2.24) is 9.55 Å². The highest BCUT2D eigenvalue weighted by Crippen LogP contribution is 2.37. The van der Waals surface area contributed by atoms with Gasteiger partial charge in [0.2, 0.25) is 0 Å². The Morgan fingerprint density at radius 1 is 0.556 bits per heavy atom. The maximum absolute atomic E-state index is 4.40. The van der Waals surface area contributed by atoms with Crippen molar-refractivity contribution in [3.8, 4) is 0 Å². The molecule has 0 spiro atoms. The molecule has 0 bridgehead atoms. The van der Waals surface area contributed by atoms with Crippen LogP contribution in [0.2, 0.25) is 0 Å². The van der Waals surface area contributed by atoms with Crippen molar-refractivity contribution < 1.29 is 0 Å². The Hall–Kier alpha value is -0.790. The lowest BCUT2D eigenvalue weighted by molar-refractivity contribution is 0.153. The minimum absolute atomic E-state index is 0.216. The van der Waals surface area contributed by atoms with E-state index in [0.717, 1.165) is 5.92 Å². The molecule has 2 nitrogen and oxygen atoms in total. The maximum atomic E-state index is 4.40. The van der Waals surface area contributed by atoms with Crippen LogP contribution in [0.15, 0.2) is 18.7 Å². The van der Waals surface area contributed by atoms with Crippen LogP contribution in [0, 0.1) is 5.92 Å². The van der Waals surface area contributed by atoms with Crippen LogP contribution in [0.3, 0.4) is 0 Å². The van der Waals surface area contributed by atoms with Gasteiger partial charge in [0.25, 0.3) is 0 Å². The standard InChI is InChI=1S/C34H66N2/c1-5-8-10-12-14-16-17-18-19-20-21-23-25-27-29-33(28-26-24-22-15-13-11-9-6-2)34(4,7-3)36-31-30-35-32-36/h30-33H,5-29H2,1-4H3. The first-order valence-electron chi connectivity index (χ1n) is 16.7. The Balaban J connectivity index is 2.24. The number of aromatic nitrogens is 2. The molecule has 1 aromatic rings. The lowest BCUT2D eigenvalue weighted by Gasteiger charge is -2.39. The molecule has 0 saturated heterocycles. The molecule has 0 amide bonds. The lowest BCUT2D eigenvalue weighted by atomic mass is 9.76. The highest BCUT2D eigenvalue weighted by molar-refractivity contribution is 4.93. The fourth-order valence-corrected chi connectivity index (χ4v) is 6.12. The van der Waals surface area contributed by atoms with E-state index in [4.69, 9.17) is 0 Å².